The SMILES string of the molecule is Cc1c(F)cccc1NCc1cc(F)ccc1O. The van der Waals surface area contributed by atoms with E-state index in [9.17, 15) is 13.9 Å². The molecule has 94 valence electrons. The van der Waals surface area contributed by atoms with Crippen LogP contribution in [0.5, 0.6) is 5.75 Å². The number of phenolic OH excluding ortho intramolecular Hbond substituents is 1. The predicted octanol–water partition coefficient (Wildman–Crippen LogP) is 3.59. The van der Waals surface area contributed by atoms with Crippen LogP contribution in [0.1, 0.15) is 11.1 Å². The number of anilines is 1. The number of nitrogens with one attached hydrogen (secondary N) is 1. The third-order valence-corrected chi connectivity index (χ3v) is 2.78. The van der Waals surface area contributed by atoms with Crippen molar-refractivity contribution < 1.29 is 13.9 Å². The van der Waals surface area contributed by atoms with E-state index in [1.54, 1.807) is 19.1 Å². The van der Waals surface area contributed by atoms with Gasteiger partial charge in [-0.3, -0.25) is 0 Å². The van der Waals surface area contributed by atoms with Gasteiger partial charge in [-0.15, -0.1) is 0 Å². The molecule has 2 rings (SSSR count). The van der Waals surface area contributed by atoms with Crippen molar-refractivity contribution in [2.24, 2.45) is 0 Å². The Morgan fingerprint density at radius 3 is 2.72 bits per heavy atom. The van der Waals surface area contributed by atoms with Crippen LogP contribution in [-0.2, 0) is 6.54 Å². The molecule has 0 radical (unpaired) electrons. The van der Waals surface area contributed by atoms with Gasteiger partial charge in [0.25, 0.3) is 0 Å². The van der Waals surface area contributed by atoms with Gasteiger partial charge in [0.05, 0.1) is 0 Å². The van der Waals surface area contributed by atoms with E-state index in [1.165, 1.54) is 24.3 Å². The van der Waals surface area contributed by atoms with Gasteiger partial charge >= 0.3 is 0 Å². The van der Waals surface area contributed by atoms with Gasteiger partial charge in [-0.2, -0.15) is 0 Å². The molecule has 0 aliphatic heterocycles. The van der Waals surface area contributed by atoms with Gasteiger partial charge in [-0.05, 0) is 37.3 Å². The highest BCUT2D eigenvalue weighted by Crippen LogP contribution is 2.22. The van der Waals surface area contributed by atoms with Crippen LogP contribution in [0.2, 0.25) is 0 Å². The first-order chi connectivity index (χ1) is 8.58. The summed E-state index contributed by atoms with van der Waals surface area (Å²) in [6.45, 7) is 1.89. The topological polar surface area (TPSA) is 32.3 Å². The molecule has 18 heavy (non-hydrogen) atoms. The van der Waals surface area contributed by atoms with Crippen LogP contribution in [0.25, 0.3) is 0 Å². The first kappa shape index (κ1) is 12.4. The van der Waals surface area contributed by atoms with Crippen molar-refractivity contribution in [1.29, 1.82) is 0 Å². The maximum atomic E-state index is 13.3. The monoisotopic (exact) mass is 249 g/mol. The number of benzene rings is 2. The first-order valence-corrected chi connectivity index (χ1v) is 5.54. The lowest BCUT2D eigenvalue weighted by molar-refractivity contribution is 0.466. The van der Waals surface area contributed by atoms with E-state index in [0.717, 1.165) is 0 Å². The number of hydrogen-bond acceptors (Lipinski definition) is 2. The lowest BCUT2D eigenvalue weighted by atomic mass is 10.1. The highest BCUT2D eigenvalue weighted by Gasteiger charge is 2.06. The standard InChI is InChI=1S/C14H13F2NO/c1-9-12(16)3-2-4-13(9)17-8-10-7-11(15)5-6-14(10)18/h2-7,17-18H,8H2,1H3. The zero-order chi connectivity index (χ0) is 13.1. The molecule has 0 saturated carbocycles. The fraction of sp³-hybridized carbons (Fsp3) is 0.143. The zero-order valence-corrected chi connectivity index (χ0v) is 9.87. The molecule has 2 nitrogen and oxygen atoms in total. The van der Waals surface area contributed by atoms with E-state index < -0.39 is 5.82 Å². The summed E-state index contributed by atoms with van der Waals surface area (Å²) in [6.07, 6.45) is 0. The Bertz CT molecular complexity index is 568. The summed E-state index contributed by atoms with van der Waals surface area (Å²) in [6, 6.07) is 8.43. The quantitative estimate of drug-likeness (QED) is 0.871. The van der Waals surface area contributed by atoms with Gasteiger partial charge in [0.2, 0.25) is 0 Å². The maximum absolute atomic E-state index is 13.3. The minimum atomic E-state index is -0.416. The molecule has 0 fully saturated rings. The van der Waals surface area contributed by atoms with E-state index >= 15 is 0 Å². The van der Waals surface area contributed by atoms with E-state index in [0.29, 0.717) is 16.8 Å². The number of halogens is 2. The van der Waals surface area contributed by atoms with Gasteiger partial charge < -0.3 is 10.4 Å². The summed E-state index contributed by atoms with van der Waals surface area (Å²) < 4.78 is 26.3. The average Bonchev–Trinajstić information content (AvgIpc) is 2.35. The van der Waals surface area contributed by atoms with Crippen LogP contribution in [-0.4, -0.2) is 5.11 Å². The molecular weight excluding hydrogens is 236 g/mol. The molecule has 0 amide bonds. The molecule has 0 aliphatic carbocycles. The highest BCUT2D eigenvalue weighted by atomic mass is 19.1. The average molecular weight is 249 g/mol. The Hall–Kier alpha value is -2.10. The molecule has 0 heterocycles. The highest BCUT2D eigenvalue weighted by molar-refractivity contribution is 5.51. The second-order valence-corrected chi connectivity index (χ2v) is 4.04. The van der Waals surface area contributed by atoms with Crippen LogP contribution in [0.4, 0.5) is 14.5 Å². The molecule has 2 aromatic rings. The van der Waals surface area contributed by atoms with E-state index in [4.69, 9.17) is 0 Å². The number of hydrogen-bond donors (Lipinski definition) is 2. The Kier molecular flexibility index (Phi) is 3.46. The van der Waals surface area contributed by atoms with Crippen LogP contribution < -0.4 is 5.32 Å². The normalized spacial score (nSPS) is 10.4. The molecule has 2 aromatic carbocycles. The summed E-state index contributed by atoms with van der Waals surface area (Å²) in [7, 11) is 0. The molecule has 0 aliphatic rings. The maximum Gasteiger partial charge on any atom is 0.128 e. The molecule has 0 saturated heterocycles. The summed E-state index contributed by atoms with van der Waals surface area (Å²) >= 11 is 0. The summed E-state index contributed by atoms with van der Waals surface area (Å²) in [5.74, 6) is -0.706. The zero-order valence-electron chi connectivity index (χ0n) is 9.87. The molecule has 0 spiro atoms. The van der Waals surface area contributed by atoms with Gasteiger partial charge in [-0.1, -0.05) is 6.07 Å². The van der Waals surface area contributed by atoms with Crippen molar-refractivity contribution in [1.82, 2.24) is 0 Å². The van der Waals surface area contributed by atoms with Crippen molar-refractivity contribution in [2.75, 3.05) is 5.32 Å². The fourth-order valence-electron chi connectivity index (χ4n) is 1.69. The Labute approximate surface area is 104 Å². The van der Waals surface area contributed by atoms with Crippen molar-refractivity contribution in [3.8, 4) is 5.75 Å². The van der Waals surface area contributed by atoms with Gasteiger partial charge in [0, 0.05) is 23.4 Å². The summed E-state index contributed by atoms with van der Waals surface area (Å²) in [5, 5.41) is 12.5. The third kappa shape index (κ3) is 2.59. The smallest absolute Gasteiger partial charge is 0.128 e. The van der Waals surface area contributed by atoms with Crippen molar-refractivity contribution in [3.63, 3.8) is 0 Å². The Morgan fingerprint density at radius 1 is 1.17 bits per heavy atom. The van der Waals surface area contributed by atoms with E-state index in [2.05, 4.69) is 5.32 Å². The third-order valence-electron chi connectivity index (χ3n) is 2.78. The van der Waals surface area contributed by atoms with Gasteiger partial charge in [0.15, 0.2) is 0 Å². The first-order valence-electron chi connectivity index (χ1n) is 5.54. The fourth-order valence-corrected chi connectivity index (χ4v) is 1.69. The van der Waals surface area contributed by atoms with Gasteiger partial charge in [-0.25, -0.2) is 8.78 Å². The summed E-state index contributed by atoms with van der Waals surface area (Å²) in [4.78, 5) is 0. The molecule has 0 bridgehead atoms. The van der Waals surface area contributed by atoms with E-state index in [-0.39, 0.29) is 18.1 Å². The second-order valence-electron chi connectivity index (χ2n) is 4.04. The number of phenols is 1. The minimum Gasteiger partial charge on any atom is -0.508 e. The lowest BCUT2D eigenvalue weighted by Gasteiger charge is -2.11. The Balaban J connectivity index is 2.16. The molecule has 2 N–H and O–H groups in total. The van der Waals surface area contributed by atoms with E-state index in [1.807, 2.05) is 0 Å². The lowest BCUT2D eigenvalue weighted by Crippen LogP contribution is -2.02. The van der Waals surface area contributed by atoms with Crippen LogP contribution in [0, 0.1) is 18.6 Å². The predicted molar refractivity (Wildman–Crippen MR) is 66.5 cm³/mol. The van der Waals surface area contributed by atoms with Crippen LogP contribution in [0.3, 0.4) is 0 Å². The summed E-state index contributed by atoms with van der Waals surface area (Å²) in [5.41, 5.74) is 1.55. The van der Waals surface area contributed by atoms with Crippen molar-refractivity contribution in [2.45, 2.75) is 13.5 Å². The molecule has 4 heteroatoms. The van der Waals surface area contributed by atoms with Crippen LogP contribution in [0.15, 0.2) is 36.4 Å². The minimum absolute atomic E-state index is 0.0120. The molecule has 0 atom stereocenters. The van der Waals surface area contributed by atoms with Crippen molar-refractivity contribution in [3.05, 3.63) is 59.2 Å². The van der Waals surface area contributed by atoms with Gasteiger partial charge in [0.1, 0.15) is 17.4 Å². The van der Waals surface area contributed by atoms with Crippen LogP contribution >= 0.6 is 0 Å². The number of rotatable bonds is 3. The molecule has 0 unspecified atom stereocenters. The molecule has 0 aromatic heterocycles. The molecular formula is C14H13F2NO. The Morgan fingerprint density at radius 2 is 1.94 bits per heavy atom. The number of aromatic hydroxyl groups is 1. The largest absolute Gasteiger partial charge is 0.508 e. The van der Waals surface area contributed by atoms with Crippen molar-refractivity contribution >= 4 is 5.69 Å². The second kappa shape index (κ2) is 5.04.